The van der Waals surface area contributed by atoms with Crippen molar-refractivity contribution in [3.05, 3.63) is 35.1 Å². The van der Waals surface area contributed by atoms with Gasteiger partial charge in [0.1, 0.15) is 0 Å². The number of benzene rings is 1. The van der Waals surface area contributed by atoms with Crippen LogP contribution in [0.15, 0.2) is 12.1 Å². The molecule has 13 heavy (non-hydrogen) atoms. The lowest BCUT2D eigenvalue weighted by molar-refractivity contribution is 0.101. The van der Waals surface area contributed by atoms with Gasteiger partial charge in [0.05, 0.1) is 11.4 Å². The molecule has 1 rings (SSSR count). The van der Waals surface area contributed by atoms with Gasteiger partial charge in [0.15, 0.2) is 23.2 Å². The summed E-state index contributed by atoms with van der Waals surface area (Å²) < 4.78 is 37.7. The Morgan fingerprint density at radius 3 is 2.38 bits per heavy atom. The molecule has 0 aromatic heterocycles. The van der Waals surface area contributed by atoms with Crippen LogP contribution >= 0.6 is 11.6 Å². The van der Waals surface area contributed by atoms with E-state index in [4.69, 9.17) is 11.6 Å². The lowest BCUT2D eigenvalue weighted by Gasteiger charge is -2.00. The Morgan fingerprint density at radius 2 is 1.85 bits per heavy atom. The van der Waals surface area contributed by atoms with Crippen molar-refractivity contribution >= 4 is 17.4 Å². The minimum Gasteiger partial charge on any atom is -0.293 e. The van der Waals surface area contributed by atoms with Gasteiger partial charge >= 0.3 is 0 Å². The molecule has 0 spiro atoms. The fourth-order valence-corrected chi connectivity index (χ4v) is 0.957. The number of hydrogen-bond acceptors (Lipinski definition) is 1. The standard InChI is InChI=1S/C8H4ClF3O/c9-3-6(13)4-1-2-5(10)8(12)7(4)11/h1-2H,3H2. The van der Waals surface area contributed by atoms with Gasteiger partial charge in [-0.2, -0.15) is 0 Å². The summed E-state index contributed by atoms with van der Waals surface area (Å²) in [5.74, 6) is -5.73. The fourth-order valence-electron chi connectivity index (χ4n) is 0.813. The van der Waals surface area contributed by atoms with E-state index in [9.17, 15) is 18.0 Å². The zero-order chi connectivity index (χ0) is 10.0. The lowest BCUT2D eigenvalue weighted by Crippen LogP contribution is -2.06. The highest BCUT2D eigenvalue weighted by molar-refractivity contribution is 6.30. The Hall–Kier alpha value is -1.03. The molecule has 0 aliphatic carbocycles. The van der Waals surface area contributed by atoms with Gasteiger partial charge in [0.2, 0.25) is 0 Å². The second kappa shape index (κ2) is 3.79. The molecule has 0 unspecified atom stereocenters. The highest BCUT2D eigenvalue weighted by atomic mass is 35.5. The van der Waals surface area contributed by atoms with Crippen molar-refractivity contribution in [1.82, 2.24) is 0 Å². The molecular formula is C8H4ClF3O. The number of carbonyl (C=O) groups is 1. The summed E-state index contributed by atoms with van der Waals surface area (Å²) in [7, 11) is 0. The maximum Gasteiger partial charge on any atom is 0.195 e. The van der Waals surface area contributed by atoms with Crippen LogP contribution in [-0.4, -0.2) is 11.7 Å². The molecule has 0 atom stereocenters. The molecule has 0 N–H and O–H groups in total. The van der Waals surface area contributed by atoms with Crippen LogP contribution in [0, 0.1) is 17.5 Å². The van der Waals surface area contributed by atoms with E-state index in [-0.39, 0.29) is 0 Å². The van der Waals surface area contributed by atoms with E-state index in [1.54, 1.807) is 0 Å². The van der Waals surface area contributed by atoms with Crippen molar-refractivity contribution in [2.24, 2.45) is 0 Å². The number of ketones is 1. The normalized spacial score (nSPS) is 10.2. The van der Waals surface area contributed by atoms with Gasteiger partial charge in [0, 0.05) is 0 Å². The third-order valence-electron chi connectivity index (χ3n) is 1.46. The minimum atomic E-state index is -1.66. The topological polar surface area (TPSA) is 17.1 Å². The molecular weight excluding hydrogens is 205 g/mol. The van der Waals surface area contributed by atoms with Gasteiger partial charge in [-0.15, -0.1) is 11.6 Å². The van der Waals surface area contributed by atoms with Crippen molar-refractivity contribution in [2.75, 3.05) is 5.88 Å². The molecule has 0 bridgehead atoms. The SMILES string of the molecule is O=C(CCl)c1ccc(F)c(F)c1F. The molecule has 0 fully saturated rings. The third-order valence-corrected chi connectivity index (χ3v) is 1.70. The van der Waals surface area contributed by atoms with Crippen molar-refractivity contribution in [3.8, 4) is 0 Å². The molecule has 0 aliphatic rings. The van der Waals surface area contributed by atoms with E-state index >= 15 is 0 Å². The molecule has 0 amide bonds. The highest BCUT2D eigenvalue weighted by Crippen LogP contribution is 2.15. The van der Waals surface area contributed by atoms with Crippen molar-refractivity contribution < 1.29 is 18.0 Å². The fraction of sp³-hybridized carbons (Fsp3) is 0.125. The van der Waals surface area contributed by atoms with Gasteiger partial charge in [0.25, 0.3) is 0 Å². The monoisotopic (exact) mass is 208 g/mol. The molecule has 5 heteroatoms. The lowest BCUT2D eigenvalue weighted by atomic mass is 10.1. The number of rotatable bonds is 2. The van der Waals surface area contributed by atoms with E-state index < -0.39 is 34.7 Å². The molecule has 1 nitrogen and oxygen atoms in total. The van der Waals surface area contributed by atoms with Crippen molar-refractivity contribution in [1.29, 1.82) is 0 Å². The third kappa shape index (κ3) is 1.83. The molecule has 0 heterocycles. The average molecular weight is 209 g/mol. The van der Waals surface area contributed by atoms with Gasteiger partial charge in [-0.3, -0.25) is 4.79 Å². The quantitative estimate of drug-likeness (QED) is 0.415. The highest BCUT2D eigenvalue weighted by Gasteiger charge is 2.17. The second-order valence-corrected chi connectivity index (χ2v) is 2.55. The summed E-state index contributed by atoms with van der Waals surface area (Å²) in [6.45, 7) is 0. The van der Waals surface area contributed by atoms with E-state index in [0.717, 1.165) is 6.07 Å². The first-order valence-electron chi connectivity index (χ1n) is 3.30. The Kier molecular flexibility index (Phi) is 2.93. The Morgan fingerprint density at radius 1 is 1.23 bits per heavy atom. The number of carbonyl (C=O) groups excluding carboxylic acids is 1. The minimum absolute atomic E-state index is 0.470. The molecule has 70 valence electrons. The van der Waals surface area contributed by atoms with Gasteiger partial charge in [-0.25, -0.2) is 13.2 Å². The number of Topliss-reactive ketones (excluding diaryl/α,β-unsaturated/α-hetero) is 1. The van der Waals surface area contributed by atoms with Crippen LogP contribution in [0.1, 0.15) is 10.4 Å². The van der Waals surface area contributed by atoms with Crippen molar-refractivity contribution in [2.45, 2.75) is 0 Å². The van der Waals surface area contributed by atoms with Gasteiger partial charge in [-0.1, -0.05) is 0 Å². The van der Waals surface area contributed by atoms with Crippen LogP contribution in [0.5, 0.6) is 0 Å². The number of halogens is 4. The first-order valence-corrected chi connectivity index (χ1v) is 3.84. The van der Waals surface area contributed by atoms with Crippen LogP contribution in [0.3, 0.4) is 0 Å². The van der Waals surface area contributed by atoms with E-state index in [2.05, 4.69) is 0 Å². The van der Waals surface area contributed by atoms with Crippen LogP contribution in [0.25, 0.3) is 0 Å². The Bertz CT molecular complexity index is 351. The van der Waals surface area contributed by atoms with Crippen LogP contribution in [-0.2, 0) is 0 Å². The van der Waals surface area contributed by atoms with Gasteiger partial charge < -0.3 is 0 Å². The summed E-state index contributed by atoms with van der Waals surface area (Å²) in [5.41, 5.74) is -0.533. The van der Waals surface area contributed by atoms with Crippen LogP contribution < -0.4 is 0 Å². The summed E-state index contributed by atoms with van der Waals surface area (Å²) in [6.07, 6.45) is 0. The first kappa shape index (κ1) is 10.1. The van der Waals surface area contributed by atoms with Gasteiger partial charge in [-0.05, 0) is 12.1 Å². The van der Waals surface area contributed by atoms with E-state index in [1.165, 1.54) is 0 Å². The average Bonchev–Trinajstić information content (AvgIpc) is 2.13. The Balaban J connectivity index is 3.26. The predicted molar refractivity (Wildman–Crippen MR) is 41.4 cm³/mol. The number of alkyl halides is 1. The first-order chi connectivity index (χ1) is 6.07. The van der Waals surface area contributed by atoms with E-state index in [0.29, 0.717) is 6.07 Å². The zero-order valence-electron chi connectivity index (χ0n) is 6.28. The van der Waals surface area contributed by atoms with Crippen LogP contribution in [0.4, 0.5) is 13.2 Å². The molecule has 0 saturated heterocycles. The molecule has 0 radical (unpaired) electrons. The maximum atomic E-state index is 12.8. The smallest absolute Gasteiger partial charge is 0.195 e. The summed E-state index contributed by atoms with van der Waals surface area (Å²) in [5, 5.41) is 0. The van der Waals surface area contributed by atoms with Crippen LogP contribution in [0.2, 0.25) is 0 Å². The molecule has 0 saturated carbocycles. The second-order valence-electron chi connectivity index (χ2n) is 2.28. The zero-order valence-corrected chi connectivity index (χ0v) is 7.04. The summed E-state index contributed by atoms with van der Waals surface area (Å²) in [4.78, 5) is 10.8. The van der Waals surface area contributed by atoms with E-state index in [1.807, 2.05) is 0 Å². The summed E-state index contributed by atoms with van der Waals surface area (Å²) in [6, 6.07) is 1.54. The molecule has 1 aromatic rings. The largest absolute Gasteiger partial charge is 0.293 e. The molecule has 1 aromatic carbocycles. The maximum absolute atomic E-state index is 12.8. The number of hydrogen-bond donors (Lipinski definition) is 0. The summed E-state index contributed by atoms with van der Waals surface area (Å²) >= 11 is 5.12. The Labute approximate surface area is 77.1 Å². The predicted octanol–water partition coefficient (Wildman–Crippen LogP) is 2.53. The molecule has 0 aliphatic heterocycles. The van der Waals surface area contributed by atoms with Crippen molar-refractivity contribution in [3.63, 3.8) is 0 Å².